The van der Waals surface area contributed by atoms with Gasteiger partial charge in [0.25, 0.3) is 0 Å². The van der Waals surface area contributed by atoms with Crippen LogP contribution in [0.3, 0.4) is 0 Å². The highest BCUT2D eigenvalue weighted by atomic mass is 19.1. The predicted octanol–water partition coefficient (Wildman–Crippen LogP) is 2.76. The number of rotatable bonds is 4. The predicted molar refractivity (Wildman–Crippen MR) is 59.3 cm³/mol. The third kappa shape index (κ3) is 3.36. The van der Waals surface area contributed by atoms with Gasteiger partial charge >= 0.3 is 0 Å². The molecular weight excluding hydrogens is 193 g/mol. The van der Waals surface area contributed by atoms with E-state index in [1.54, 1.807) is 0 Å². The number of aromatic hydroxyl groups is 1. The molecule has 0 fully saturated rings. The topological polar surface area (TPSA) is 32.3 Å². The second-order valence-electron chi connectivity index (χ2n) is 3.76. The summed E-state index contributed by atoms with van der Waals surface area (Å²) in [7, 11) is 0. The highest BCUT2D eigenvalue weighted by molar-refractivity contribution is 5.34. The van der Waals surface area contributed by atoms with Crippen LogP contribution in [-0.4, -0.2) is 11.7 Å². The Morgan fingerprint density at radius 2 is 2.27 bits per heavy atom. The first-order valence-corrected chi connectivity index (χ1v) is 4.87. The Balaban J connectivity index is 2.76. The summed E-state index contributed by atoms with van der Waals surface area (Å²) in [6, 6.07) is 3.84. The summed E-state index contributed by atoms with van der Waals surface area (Å²) in [5, 5.41) is 12.7. The van der Waals surface area contributed by atoms with Gasteiger partial charge in [0.15, 0.2) is 0 Å². The maximum atomic E-state index is 12.9. The van der Waals surface area contributed by atoms with Crippen LogP contribution in [0.1, 0.15) is 25.5 Å². The fraction of sp³-hybridized carbons (Fsp3) is 0.333. The van der Waals surface area contributed by atoms with Gasteiger partial charge < -0.3 is 10.4 Å². The molecule has 1 aromatic rings. The maximum Gasteiger partial charge on any atom is 0.123 e. The van der Waals surface area contributed by atoms with Crippen molar-refractivity contribution >= 4 is 0 Å². The number of phenols is 1. The van der Waals surface area contributed by atoms with Gasteiger partial charge in [-0.2, -0.15) is 0 Å². The summed E-state index contributed by atoms with van der Waals surface area (Å²) >= 11 is 0. The van der Waals surface area contributed by atoms with Gasteiger partial charge in [0.05, 0.1) is 0 Å². The third-order valence-corrected chi connectivity index (χ3v) is 2.17. The monoisotopic (exact) mass is 209 g/mol. The summed E-state index contributed by atoms with van der Waals surface area (Å²) in [4.78, 5) is 0. The van der Waals surface area contributed by atoms with Gasteiger partial charge in [0.1, 0.15) is 11.6 Å². The summed E-state index contributed by atoms with van der Waals surface area (Å²) in [6.07, 6.45) is 0. The maximum absolute atomic E-state index is 12.9. The average molecular weight is 209 g/mol. The van der Waals surface area contributed by atoms with E-state index >= 15 is 0 Å². The van der Waals surface area contributed by atoms with Gasteiger partial charge in [-0.1, -0.05) is 12.2 Å². The van der Waals surface area contributed by atoms with Crippen LogP contribution in [0, 0.1) is 5.82 Å². The molecule has 0 aliphatic rings. The molecule has 1 unspecified atom stereocenters. The normalized spacial score (nSPS) is 12.5. The number of hydrogen-bond donors (Lipinski definition) is 2. The molecule has 15 heavy (non-hydrogen) atoms. The van der Waals surface area contributed by atoms with E-state index < -0.39 is 0 Å². The number of nitrogens with one attached hydrogen (secondary N) is 1. The van der Waals surface area contributed by atoms with Crippen molar-refractivity contribution in [2.75, 3.05) is 6.54 Å². The smallest absolute Gasteiger partial charge is 0.123 e. The zero-order valence-electron chi connectivity index (χ0n) is 9.05. The highest BCUT2D eigenvalue weighted by Gasteiger charge is 2.10. The van der Waals surface area contributed by atoms with Gasteiger partial charge in [0, 0.05) is 18.2 Å². The minimum atomic E-state index is -0.341. The Labute approximate surface area is 89.4 Å². The van der Waals surface area contributed by atoms with Crippen LogP contribution in [-0.2, 0) is 0 Å². The molecule has 3 heteroatoms. The third-order valence-electron chi connectivity index (χ3n) is 2.17. The highest BCUT2D eigenvalue weighted by Crippen LogP contribution is 2.24. The van der Waals surface area contributed by atoms with Gasteiger partial charge in [-0.05, 0) is 32.0 Å². The molecule has 82 valence electrons. The van der Waals surface area contributed by atoms with Crippen LogP contribution in [0.25, 0.3) is 0 Å². The lowest BCUT2D eigenvalue weighted by atomic mass is 10.1. The molecule has 1 aromatic carbocycles. The molecule has 2 N–H and O–H groups in total. The molecule has 0 aromatic heterocycles. The van der Waals surface area contributed by atoms with Gasteiger partial charge in [-0.25, -0.2) is 4.39 Å². The second kappa shape index (κ2) is 4.94. The molecule has 0 saturated heterocycles. The first kappa shape index (κ1) is 11.7. The van der Waals surface area contributed by atoms with Gasteiger partial charge in [-0.3, -0.25) is 0 Å². The first-order valence-electron chi connectivity index (χ1n) is 4.87. The van der Waals surface area contributed by atoms with Crippen molar-refractivity contribution in [3.05, 3.63) is 41.7 Å². The average Bonchev–Trinajstić information content (AvgIpc) is 2.18. The Morgan fingerprint density at radius 1 is 1.60 bits per heavy atom. The van der Waals surface area contributed by atoms with Crippen molar-refractivity contribution in [3.8, 4) is 5.75 Å². The van der Waals surface area contributed by atoms with E-state index in [0.29, 0.717) is 12.1 Å². The molecule has 0 bridgehead atoms. The molecule has 2 nitrogen and oxygen atoms in total. The van der Waals surface area contributed by atoms with Crippen molar-refractivity contribution in [3.63, 3.8) is 0 Å². The van der Waals surface area contributed by atoms with Crippen molar-refractivity contribution in [1.82, 2.24) is 5.32 Å². The number of hydrogen-bond acceptors (Lipinski definition) is 2. The quantitative estimate of drug-likeness (QED) is 0.747. The van der Waals surface area contributed by atoms with Crippen LogP contribution in [0.15, 0.2) is 30.4 Å². The molecule has 0 aliphatic heterocycles. The lowest BCUT2D eigenvalue weighted by molar-refractivity contribution is 0.452. The molecule has 1 atom stereocenters. The Bertz CT molecular complexity index is 363. The number of benzene rings is 1. The van der Waals surface area contributed by atoms with Crippen molar-refractivity contribution in [2.45, 2.75) is 19.9 Å². The minimum absolute atomic E-state index is 0.0996. The van der Waals surface area contributed by atoms with Crippen LogP contribution in [0.4, 0.5) is 4.39 Å². The van der Waals surface area contributed by atoms with Crippen LogP contribution < -0.4 is 5.32 Å². The van der Waals surface area contributed by atoms with Crippen molar-refractivity contribution in [2.24, 2.45) is 0 Å². The summed E-state index contributed by atoms with van der Waals surface area (Å²) in [6.45, 7) is 8.19. The zero-order valence-corrected chi connectivity index (χ0v) is 9.05. The zero-order chi connectivity index (χ0) is 11.4. The molecular formula is C12H16FNO. The van der Waals surface area contributed by atoms with E-state index in [9.17, 15) is 9.50 Å². The molecule has 0 spiro atoms. The molecule has 0 aliphatic carbocycles. The fourth-order valence-corrected chi connectivity index (χ4v) is 1.31. The fourth-order valence-electron chi connectivity index (χ4n) is 1.31. The molecule has 1 rings (SSSR count). The van der Waals surface area contributed by atoms with Crippen LogP contribution in [0.2, 0.25) is 0 Å². The molecule has 0 amide bonds. The largest absolute Gasteiger partial charge is 0.508 e. The summed E-state index contributed by atoms with van der Waals surface area (Å²) in [5.41, 5.74) is 1.56. The van der Waals surface area contributed by atoms with E-state index in [4.69, 9.17) is 0 Å². The minimum Gasteiger partial charge on any atom is -0.508 e. The molecule has 0 radical (unpaired) electrons. The second-order valence-corrected chi connectivity index (χ2v) is 3.76. The standard InChI is InChI=1S/C12H16FNO/c1-8(2)7-14-9(3)11-6-10(13)4-5-12(11)15/h4-6,9,14-15H,1,7H2,2-3H3. The summed E-state index contributed by atoms with van der Waals surface area (Å²) < 4.78 is 12.9. The van der Waals surface area contributed by atoms with E-state index in [-0.39, 0.29) is 17.6 Å². The van der Waals surface area contributed by atoms with E-state index in [0.717, 1.165) is 5.57 Å². The molecule has 0 saturated carbocycles. The Morgan fingerprint density at radius 3 is 2.87 bits per heavy atom. The number of halogens is 1. The van der Waals surface area contributed by atoms with E-state index in [1.807, 2.05) is 13.8 Å². The van der Waals surface area contributed by atoms with E-state index in [2.05, 4.69) is 11.9 Å². The first-order chi connectivity index (χ1) is 7.00. The lowest BCUT2D eigenvalue weighted by Crippen LogP contribution is -2.20. The summed E-state index contributed by atoms with van der Waals surface area (Å²) in [5.74, 6) is -0.232. The van der Waals surface area contributed by atoms with E-state index in [1.165, 1.54) is 18.2 Å². The van der Waals surface area contributed by atoms with Gasteiger partial charge in [-0.15, -0.1) is 0 Å². The van der Waals surface area contributed by atoms with Crippen molar-refractivity contribution < 1.29 is 9.50 Å². The SMILES string of the molecule is C=C(C)CNC(C)c1cc(F)ccc1O. The van der Waals surface area contributed by atoms with Crippen LogP contribution >= 0.6 is 0 Å². The lowest BCUT2D eigenvalue weighted by Gasteiger charge is -2.15. The van der Waals surface area contributed by atoms with Gasteiger partial charge in [0.2, 0.25) is 0 Å². The number of phenolic OH excluding ortho intramolecular Hbond substituents is 1. The van der Waals surface area contributed by atoms with Crippen LogP contribution in [0.5, 0.6) is 5.75 Å². The van der Waals surface area contributed by atoms with Crippen molar-refractivity contribution in [1.29, 1.82) is 0 Å². The Hall–Kier alpha value is -1.35. The molecule has 0 heterocycles. The Kier molecular flexibility index (Phi) is 3.86.